The molecule has 0 amide bonds. The Morgan fingerprint density at radius 1 is 1.24 bits per heavy atom. The van der Waals surface area contributed by atoms with Crippen LogP contribution >= 0.6 is 15.9 Å². The lowest BCUT2D eigenvalue weighted by Gasteiger charge is -2.34. The zero-order valence-corrected chi connectivity index (χ0v) is 13.7. The normalized spacial score (nSPS) is 21.1. The maximum atomic E-state index is 13.2. The molecule has 2 aromatic rings. The Morgan fingerprint density at radius 3 is 2.81 bits per heavy atom. The van der Waals surface area contributed by atoms with Crippen molar-refractivity contribution in [1.29, 1.82) is 0 Å². The Labute approximate surface area is 133 Å². The molecule has 2 aromatic carbocycles. The molecule has 0 radical (unpaired) electrons. The van der Waals surface area contributed by atoms with E-state index in [-0.39, 0.29) is 5.82 Å². The number of fused-ring (bicyclic) bond motifs is 1. The van der Waals surface area contributed by atoms with Gasteiger partial charge in [-0.15, -0.1) is 0 Å². The molecule has 1 aliphatic rings. The van der Waals surface area contributed by atoms with Crippen molar-refractivity contribution >= 4 is 15.9 Å². The molecule has 0 spiro atoms. The second-order valence-corrected chi connectivity index (χ2v) is 6.56. The molecular formula is C18H19BrFN. The van der Waals surface area contributed by atoms with Gasteiger partial charge in [0.15, 0.2) is 0 Å². The van der Waals surface area contributed by atoms with Gasteiger partial charge in [0.05, 0.1) is 0 Å². The zero-order chi connectivity index (χ0) is 14.8. The summed E-state index contributed by atoms with van der Waals surface area (Å²) in [6.07, 6.45) is 3.24. The Hall–Kier alpha value is -1.19. The average Bonchev–Trinajstić information content (AvgIpc) is 2.49. The first-order valence-electron chi connectivity index (χ1n) is 7.38. The summed E-state index contributed by atoms with van der Waals surface area (Å²) in [5, 5.41) is 3.47. The molecule has 0 fully saturated rings. The molecule has 0 saturated carbocycles. The van der Waals surface area contributed by atoms with Crippen LogP contribution in [0.5, 0.6) is 0 Å². The highest BCUT2D eigenvalue weighted by Crippen LogP contribution is 2.37. The maximum absolute atomic E-state index is 13.2. The van der Waals surface area contributed by atoms with Crippen LogP contribution in [0, 0.1) is 11.7 Å². The fourth-order valence-electron chi connectivity index (χ4n) is 3.41. The summed E-state index contributed by atoms with van der Waals surface area (Å²) in [5.74, 6) is 0.344. The van der Waals surface area contributed by atoms with Crippen molar-refractivity contribution in [3.05, 3.63) is 69.4 Å². The van der Waals surface area contributed by atoms with E-state index in [9.17, 15) is 4.39 Å². The van der Waals surface area contributed by atoms with Crippen LogP contribution in [-0.4, -0.2) is 7.05 Å². The van der Waals surface area contributed by atoms with E-state index in [1.807, 2.05) is 13.1 Å². The van der Waals surface area contributed by atoms with Gasteiger partial charge in [-0.2, -0.15) is 0 Å². The van der Waals surface area contributed by atoms with Crippen molar-refractivity contribution < 1.29 is 4.39 Å². The first-order chi connectivity index (χ1) is 10.2. The molecule has 1 N–H and O–H groups in total. The second-order valence-electron chi connectivity index (χ2n) is 5.70. The van der Waals surface area contributed by atoms with Crippen molar-refractivity contribution in [2.75, 3.05) is 7.05 Å². The smallest absolute Gasteiger partial charge is 0.124 e. The third kappa shape index (κ3) is 3.04. The number of hydrogen-bond donors (Lipinski definition) is 1. The van der Waals surface area contributed by atoms with E-state index in [2.05, 4.69) is 45.5 Å². The van der Waals surface area contributed by atoms with Gasteiger partial charge >= 0.3 is 0 Å². The van der Waals surface area contributed by atoms with Crippen LogP contribution < -0.4 is 5.32 Å². The Balaban J connectivity index is 1.86. The molecule has 21 heavy (non-hydrogen) atoms. The van der Waals surface area contributed by atoms with Crippen molar-refractivity contribution in [1.82, 2.24) is 5.32 Å². The summed E-state index contributed by atoms with van der Waals surface area (Å²) in [7, 11) is 2.03. The van der Waals surface area contributed by atoms with E-state index in [0.29, 0.717) is 12.0 Å². The monoisotopic (exact) mass is 347 g/mol. The van der Waals surface area contributed by atoms with E-state index in [1.54, 1.807) is 12.1 Å². The highest BCUT2D eigenvalue weighted by Gasteiger charge is 2.28. The molecule has 0 heterocycles. The van der Waals surface area contributed by atoms with Crippen LogP contribution in [0.1, 0.15) is 29.2 Å². The summed E-state index contributed by atoms with van der Waals surface area (Å²) < 4.78 is 14.1. The van der Waals surface area contributed by atoms with Crippen molar-refractivity contribution in [3.63, 3.8) is 0 Å². The van der Waals surface area contributed by atoms with Crippen molar-refractivity contribution in [2.45, 2.75) is 25.3 Å². The van der Waals surface area contributed by atoms with E-state index in [0.717, 1.165) is 23.7 Å². The lowest BCUT2D eigenvalue weighted by molar-refractivity contribution is 0.334. The van der Waals surface area contributed by atoms with Crippen molar-refractivity contribution in [2.24, 2.45) is 5.92 Å². The molecule has 3 rings (SSSR count). The van der Waals surface area contributed by atoms with Crippen LogP contribution in [0.4, 0.5) is 4.39 Å². The maximum Gasteiger partial charge on any atom is 0.124 e. The van der Waals surface area contributed by atoms with Crippen LogP contribution in [-0.2, 0) is 12.8 Å². The molecule has 2 unspecified atom stereocenters. The predicted molar refractivity (Wildman–Crippen MR) is 87.9 cm³/mol. The van der Waals surface area contributed by atoms with Crippen LogP contribution in [0.25, 0.3) is 0 Å². The molecule has 0 bridgehead atoms. The highest BCUT2D eigenvalue weighted by atomic mass is 79.9. The molecule has 110 valence electrons. The summed E-state index contributed by atoms with van der Waals surface area (Å²) in [6.45, 7) is 0. The van der Waals surface area contributed by atoms with Gasteiger partial charge in [-0.25, -0.2) is 4.39 Å². The van der Waals surface area contributed by atoms with Gasteiger partial charge in [0, 0.05) is 10.5 Å². The van der Waals surface area contributed by atoms with E-state index in [4.69, 9.17) is 0 Å². The third-order valence-electron chi connectivity index (χ3n) is 4.45. The average molecular weight is 348 g/mol. The number of halogens is 2. The van der Waals surface area contributed by atoms with Gasteiger partial charge in [0.1, 0.15) is 5.82 Å². The molecule has 0 aromatic heterocycles. The van der Waals surface area contributed by atoms with Gasteiger partial charge in [0.25, 0.3) is 0 Å². The number of benzene rings is 2. The zero-order valence-electron chi connectivity index (χ0n) is 12.1. The topological polar surface area (TPSA) is 12.0 Å². The lowest BCUT2D eigenvalue weighted by atomic mass is 9.77. The lowest BCUT2D eigenvalue weighted by Crippen LogP contribution is -2.31. The van der Waals surface area contributed by atoms with Gasteiger partial charge in [-0.1, -0.05) is 46.3 Å². The Bertz CT molecular complexity index is 641. The predicted octanol–water partition coefficient (Wildman–Crippen LogP) is 4.65. The van der Waals surface area contributed by atoms with Gasteiger partial charge in [-0.3, -0.25) is 0 Å². The van der Waals surface area contributed by atoms with E-state index >= 15 is 0 Å². The number of aryl methyl sites for hydroxylation is 1. The fraction of sp³-hybridized carbons (Fsp3) is 0.333. The molecule has 1 nitrogen and oxygen atoms in total. The summed E-state index contributed by atoms with van der Waals surface area (Å²) >= 11 is 3.49. The SMILES string of the molecule is CNC1c2ccccc2CCC1Cc1ccc(F)cc1Br. The number of rotatable bonds is 3. The van der Waals surface area contributed by atoms with Crippen LogP contribution in [0.3, 0.4) is 0 Å². The van der Waals surface area contributed by atoms with Gasteiger partial charge in [0.2, 0.25) is 0 Å². The number of nitrogens with one attached hydrogen (secondary N) is 1. The van der Waals surface area contributed by atoms with Crippen LogP contribution in [0.2, 0.25) is 0 Å². The van der Waals surface area contributed by atoms with E-state index < -0.39 is 0 Å². The minimum atomic E-state index is -0.190. The summed E-state index contributed by atoms with van der Waals surface area (Å²) in [4.78, 5) is 0. The fourth-order valence-corrected chi connectivity index (χ4v) is 3.92. The number of hydrogen-bond acceptors (Lipinski definition) is 1. The van der Waals surface area contributed by atoms with Gasteiger partial charge < -0.3 is 5.32 Å². The second kappa shape index (κ2) is 6.29. The Morgan fingerprint density at radius 2 is 2.05 bits per heavy atom. The van der Waals surface area contributed by atoms with Crippen molar-refractivity contribution in [3.8, 4) is 0 Å². The summed E-state index contributed by atoms with van der Waals surface area (Å²) in [5.41, 5.74) is 4.04. The molecule has 3 heteroatoms. The standard InChI is InChI=1S/C18H19BrFN/c1-21-18-14(7-6-12-4-2-3-5-16(12)18)10-13-8-9-15(20)11-17(13)19/h2-5,8-9,11,14,18,21H,6-7,10H2,1H3. The summed E-state index contributed by atoms with van der Waals surface area (Å²) in [6, 6.07) is 14.0. The van der Waals surface area contributed by atoms with Crippen LogP contribution in [0.15, 0.2) is 46.9 Å². The molecule has 0 saturated heterocycles. The highest BCUT2D eigenvalue weighted by molar-refractivity contribution is 9.10. The van der Waals surface area contributed by atoms with E-state index in [1.165, 1.54) is 16.7 Å². The molecule has 2 atom stereocenters. The Kier molecular flexibility index (Phi) is 4.41. The largest absolute Gasteiger partial charge is 0.313 e. The quantitative estimate of drug-likeness (QED) is 0.851. The minimum Gasteiger partial charge on any atom is -0.313 e. The molecular weight excluding hydrogens is 329 g/mol. The first-order valence-corrected chi connectivity index (χ1v) is 8.17. The van der Waals surface area contributed by atoms with Gasteiger partial charge in [-0.05, 0) is 61.1 Å². The third-order valence-corrected chi connectivity index (χ3v) is 5.19. The molecule has 0 aliphatic heterocycles. The first kappa shape index (κ1) is 14.7. The minimum absolute atomic E-state index is 0.190. The molecule has 1 aliphatic carbocycles.